The van der Waals surface area contributed by atoms with Crippen LogP contribution in [0.4, 0.5) is 13.2 Å². The fraction of sp³-hybridized carbons (Fsp3) is 0.571. The summed E-state index contributed by atoms with van der Waals surface area (Å²) in [6.45, 7) is 6.24. The molecule has 1 aromatic heterocycles. The maximum Gasteiger partial charge on any atom is 0.433 e. The number of carbonyl (C=O) groups excluding carboxylic acids is 1. The Morgan fingerprint density at radius 1 is 1.33 bits per heavy atom. The predicted molar refractivity (Wildman–Crippen MR) is 69.7 cm³/mol. The first-order valence-electron chi connectivity index (χ1n) is 6.56. The molecule has 0 unspecified atom stereocenters. The van der Waals surface area contributed by atoms with Gasteiger partial charge in [0.1, 0.15) is 17.5 Å². The van der Waals surface area contributed by atoms with Gasteiger partial charge in [0, 0.05) is 17.7 Å². The van der Waals surface area contributed by atoms with Crippen molar-refractivity contribution in [2.45, 2.75) is 33.1 Å². The van der Waals surface area contributed by atoms with Gasteiger partial charge in [-0.3, -0.25) is 9.78 Å². The standard InChI is InChI=1S/C14H17F3N2O2/c1-13(2,3)12(20)19-7-10(8-19)21-9-4-5-18-11(6-9)14(15,16)17/h4-6,10H,7-8H2,1-3H3. The molecule has 1 aromatic rings. The molecule has 21 heavy (non-hydrogen) atoms. The molecule has 0 aliphatic carbocycles. The van der Waals surface area contributed by atoms with Crippen LogP contribution in [0.2, 0.25) is 0 Å². The third kappa shape index (κ3) is 3.65. The van der Waals surface area contributed by atoms with Gasteiger partial charge in [0.05, 0.1) is 13.1 Å². The second kappa shape index (κ2) is 5.20. The van der Waals surface area contributed by atoms with Gasteiger partial charge in [0.2, 0.25) is 5.91 Å². The van der Waals surface area contributed by atoms with E-state index in [2.05, 4.69) is 4.98 Å². The summed E-state index contributed by atoms with van der Waals surface area (Å²) in [6.07, 6.45) is -3.71. The SMILES string of the molecule is CC(C)(C)C(=O)N1CC(Oc2ccnc(C(F)(F)F)c2)C1. The van der Waals surface area contributed by atoms with Crippen molar-refractivity contribution in [1.29, 1.82) is 0 Å². The topological polar surface area (TPSA) is 42.4 Å². The van der Waals surface area contributed by atoms with Gasteiger partial charge in [-0.1, -0.05) is 20.8 Å². The number of likely N-dealkylation sites (tertiary alicyclic amines) is 1. The Morgan fingerprint density at radius 3 is 2.48 bits per heavy atom. The van der Waals surface area contributed by atoms with Crippen LogP contribution in [-0.2, 0) is 11.0 Å². The van der Waals surface area contributed by atoms with Crippen LogP contribution in [0.3, 0.4) is 0 Å². The van der Waals surface area contributed by atoms with Gasteiger partial charge >= 0.3 is 6.18 Å². The van der Waals surface area contributed by atoms with Crippen LogP contribution in [0, 0.1) is 5.41 Å². The zero-order valence-electron chi connectivity index (χ0n) is 12.1. The highest BCUT2D eigenvalue weighted by molar-refractivity contribution is 5.82. The molecule has 0 spiro atoms. The van der Waals surface area contributed by atoms with Crippen LogP contribution in [-0.4, -0.2) is 35.0 Å². The number of carbonyl (C=O) groups is 1. The van der Waals surface area contributed by atoms with E-state index in [1.807, 2.05) is 20.8 Å². The zero-order valence-corrected chi connectivity index (χ0v) is 12.1. The van der Waals surface area contributed by atoms with Gasteiger partial charge in [-0.25, -0.2) is 0 Å². The molecule has 0 bridgehead atoms. The van der Waals surface area contributed by atoms with Crippen molar-refractivity contribution < 1.29 is 22.7 Å². The molecule has 1 fully saturated rings. The van der Waals surface area contributed by atoms with Gasteiger partial charge in [0.25, 0.3) is 0 Å². The molecule has 0 saturated carbocycles. The Balaban J connectivity index is 1.93. The average molecular weight is 302 g/mol. The number of halogens is 3. The predicted octanol–water partition coefficient (Wildman–Crippen LogP) is 2.74. The molecule has 116 valence electrons. The molecule has 2 heterocycles. The number of hydrogen-bond donors (Lipinski definition) is 0. The summed E-state index contributed by atoms with van der Waals surface area (Å²) in [6, 6.07) is 2.25. The molecule has 0 atom stereocenters. The third-order valence-electron chi connectivity index (χ3n) is 3.10. The van der Waals surface area contributed by atoms with Crippen molar-refractivity contribution in [2.75, 3.05) is 13.1 Å². The van der Waals surface area contributed by atoms with E-state index in [1.54, 1.807) is 4.90 Å². The van der Waals surface area contributed by atoms with Crippen LogP contribution >= 0.6 is 0 Å². The van der Waals surface area contributed by atoms with Crippen molar-refractivity contribution in [3.63, 3.8) is 0 Å². The first kappa shape index (κ1) is 15.6. The van der Waals surface area contributed by atoms with E-state index >= 15 is 0 Å². The third-order valence-corrected chi connectivity index (χ3v) is 3.10. The molecule has 4 nitrogen and oxygen atoms in total. The highest BCUT2D eigenvalue weighted by Gasteiger charge is 2.38. The second-order valence-corrected chi connectivity index (χ2v) is 6.07. The van der Waals surface area contributed by atoms with E-state index in [-0.39, 0.29) is 17.8 Å². The monoisotopic (exact) mass is 302 g/mol. The first-order chi connectivity index (χ1) is 9.57. The number of alkyl halides is 3. The molecule has 1 amide bonds. The summed E-state index contributed by atoms with van der Waals surface area (Å²) in [5.74, 6) is 0.123. The summed E-state index contributed by atoms with van der Waals surface area (Å²) >= 11 is 0. The fourth-order valence-electron chi connectivity index (χ4n) is 1.98. The summed E-state index contributed by atoms with van der Waals surface area (Å²) in [5, 5.41) is 0. The maximum absolute atomic E-state index is 12.5. The normalized spacial score (nSPS) is 16.6. The van der Waals surface area contributed by atoms with Crippen molar-refractivity contribution in [1.82, 2.24) is 9.88 Å². The lowest BCUT2D eigenvalue weighted by molar-refractivity contribution is -0.148. The van der Waals surface area contributed by atoms with E-state index < -0.39 is 17.3 Å². The Hall–Kier alpha value is -1.79. The molecule has 0 radical (unpaired) electrons. The molecule has 1 aliphatic heterocycles. The first-order valence-corrected chi connectivity index (χ1v) is 6.56. The second-order valence-electron chi connectivity index (χ2n) is 6.07. The molecule has 0 N–H and O–H groups in total. The minimum Gasteiger partial charge on any atom is -0.487 e. The van der Waals surface area contributed by atoms with Gasteiger partial charge in [-0.2, -0.15) is 13.2 Å². The minimum atomic E-state index is -4.49. The summed E-state index contributed by atoms with van der Waals surface area (Å²) in [4.78, 5) is 16.8. The highest BCUT2D eigenvalue weighted by atomic mass is 19.4. The summed E-state index contributed by atoms with van der Waals surface area (Å²) in [7, 11) is 0. The smallest absolute Gasteiger partial charge is 0.433 e. The van der Waals surface area contributed by atoms with Gasteiger partial charge in [-0.05, 0) is 6.07 Å². The Bertz CT molecular complexity index is 532. The number of amides is 1. The molecular weight excluding hydrogens is 285 g/mol. The van der Waals surface area contributed by atoms with E-state index in [9.17, 15) is 18.0 Å². The number of nitrogens with zero attached hydrogens (tertiary/aromatic N) is 2. The average Bonchev–Trinajstić information content (AvgIpc) is 2.30. The number of ether oxygens (including phenoxy) is 1. The number of aromatic nitrogens is 1. The zero-order chi connectivity index (χ0) is 15.8. The van der Waals surface area contributed by atoms with Crippen LogP contribution in [0.15, 0.2) is 18.3 Å². The molecule has 1 saturated heterocycles. The highest BCUT2D eigenvalue weighted by Crippen LogP contribution is 2.30. The fourth-order valence-corrected chi connectivity index (χ4v) is 1.98. The number of hydrogen-bond acceptors (Lipinski definition) is 3. The van der Waals surface area contributed by atoms with Crippen LogP contribution in [0.5, 0.6) is 5.75 Å². The largest absolute Gasteiger partial charge is 0.487 e. The van der Waals surface area contributed by atoms with Crippen molar-refractivity contribution in [2.24, 2.45) is 5.41 Å². The lowest BCUT2D eigenvalue weighted by atomic mass is 9.93. The summed E-state index contributed by atoms with van der Waals surface area (Å²) < 4.78 is 43.0. The van der Waals surface area contributed by atoms with Gasteiger partial charge in [0.15, 0.2) is 0 Å². The van der Waals surface area contributed by atoms with Crippen molar-refractivity contribution in [3.05, 3.63) is 24.0 Å². The molecule has 2 rings (SSSR count). The van der Waals surface area contributed by atoms with E-state index in [0.717, 1.165) is 12.3 Å². The molecule has 1 aliphatic rings. The Labute approximate surface area is 120 Å². The van der Waals surface area contributed by atoms with E-state index in [4.69, 9.17) is 4.74 Å². The van der Waals surface area contributed by atoms with Crippen LogP contribution in [0.1, 0.15) is 26.5 Å². The summed E-state index contributed by atoms with van der Waals surface area (Å²) in [5.41, 5.74) is -1.45. The lowest BCUT2D eigenvalue weighted by Gasteiger charge is -2.41. The van der Waals surface area contributed by atoms with Crippen LogP contribution < -0.4 is 4.74 Å². The number of rotatable bonds is 2. The number of pyridine rings is 1. The van der Waals surface area contributed by atoms with Gasteiger partial charge < -0.3 is 9.64 Å². The molecular formula is C14H17F3N2O2. The lowest BCUT2D eigenvalue weighted by Crippen LogP contribution is -2.58. The molecule has 0 aromatic carbocycles. The Kier molecular flexibility index (Phi) is 3.86. The quantitative estimate of drug-likeness (QED) is 0.843. The van der Waals surface area contributed by atoms with Crippen molar-refractivity contribution in [3.8, 4) is 5.75 Å². The maximum atomic E-state index is 12.5. The van der Waals surface area contributed by atoms with Crippen molar-refractivity contribution >= 4 is 5.91 Å². The molecule has 7 heteroatoms. The van der Waals surface area contributed by atoms with E-state index in [1.165, 1.54) is 6.07 Å². The van der Waals surface area contributed by atoms with Gasteiger partial charge in [-0.15, -0.1) is 0 Å². The van der Waals surface area contributed by atoms with Crippen LogP contribution in [0.25, 0.3) is 0 Å². The Morgan fingerprint density at radius 2 is 1.95 bits per heavy atom. The van der Waals surface area contributed by atoms with E-state index in [0.29, 0.717) is 13.1 Å². The minimum absolute atomic E-state index is 0.00746.